The quantitative estimate of drug-likeness (QED) is 0.670. The second kappa shape index (κ2) is 2.61. The summed E-state index contributed by atoms with van der Waals surface area (Å²) in [6.45, 7) is 2.04. The van der Waals surface area contributed by atoms with Crippen molar-refractivity contribution in [2.45, 2.75) is 25.4 Å². The average Bonchev–Trinajstić information content (AvgIpc) is 2.69. The Labute approximate surface area is 83.5 Å². The van der Waals surface area contributed by atoms with Gasteiger partial charge < -0.3 is 0 Å². The van der Waals surface area contributed by atoms with E-state index in [0.29, 0.717) is 0 Å². The van der Waals surface area contributed by atoms with Crippen molar-refractivity contribution in [3.63, 3.8) is 0 Å². The lowest BCUT2D eigenvalue weighted by molar-refractivity contribution is -0.0327. The summed E-state index contributed by atoms with van der Waals surface area (Å²) in [4.78, 5) is 5.65. The molecule has 0 saturated carbocycles. The van der Waals surface area contributed by atoms with Gasteiger partial charge in [-0.15, -0.1) is 0 Å². The van der Waals surface area contributed by atoms with Crippen LogP contribution < -0.4 is 5.48 Å². The molecule has 2 heteroatoms. The number of nitrogens with one attached hydrogen (secondary N) is 1. The van der Waals surface area contributed by atoms with Crippen molar-refractivity contribution in [1.82, 2.24) is 5.48 Å². The maximum Gasteiger partial charge on any atom is 0.124 e. The molecule has 0 unspecified atom stereocenters. The van der Waals surface area contributed by atoms with Crippen LogP contribution in [0.1, 0.15) is 18.1 Å². The number of hydrogen-bond acceptors (Lipinski definition) is 2. The van der Waals surface area contributed by atoms with Gasteiger partial charge in [-0.1, -0.05) is 24.3 Å². The van der Waals surface area contributed by atoms with E-state index in [-0.39, 0.29) is 5.60 Å². The average molecular weight is 187 g/mol. The zero-order chi connectivity index (χ0) is 9.60. The SMILES string of the molecule is CC1=CC2(Cc3ccccc3C2)ON1. The number of allylic oxidation sites excluding steroid dienone is 1. The van der Waals surface area contributed by atoms with Crippen LogP contribution in [-0.2, 0) is 17.7 Å². The van der Waals surface area contributed by atoms with Crippen LogP contribution in [0.2, 0.25) is 0 Å². The maximum absolute atomic E-state index is 5.65. The van der Waals surface area contributed by atoms with E-state index in [9.17, 15) is 0 Å². The van der Waals surface area contributed by atoms with Crippen molar-refractivity contribution in [2.75, 3.05) is 0 Å². The molecular formula is C12H13NO. The molecule has 1 N–H and O–H groups in total. The summed E-state index contributed by atoms with van der Waals surface area (Å²) in [5.74, 6) is 0. The molecule has 1 heterocycles. The van der Waals surface area contributed by atoms with Crippen molar-refractivity contribution in [3.05, 3.63) is 47.2 Å². The molecule has 1 aromatic rings. The Bertz CT molecular complexity index is 384. The highest BCUT2D eigenvalue weighted by atomic mass is 16.7. The molecule has 1 spiro atoms. The Kier molecular flexibility index (Phi) is 1.50. The van der Waals surface area contributed by atoms with Crippen LogP contribution in [0.4, 0.5) is 0 Å². The van der Waals surface area contributed by atoms with Gasteiger partial charge in [-0.25, -0.2) is 0 Å². The van der Waals surface area contributed by atoms with Crippen LogP contribution in [0.3, 0.4) is 0 Å². The van der Waals surface area contributed by atoms with Crippen molar-refractivity contribution >= 4 is 0 Å². The van der Waals surface area contributed by atoms with Gasteiger partial charge in [0.15, 0.2) is 0 Å². The second-order valence-electron chi connectivity index (χ2n) is 4.22. The van der Waals surface area contributed by atoms with E-state index in [0.717, 1.165) is 18.5 Å². The lowest BCUT2D eigenvalue weighted by Crippen LogP contribution is -2.30. The Morgan fingerprint density at radius 2 is 1.86 bits per heavy atom. The summed E-state index contributed by atoms with van der Waals surface area (Å²) in [7, 11) is 0. The predicted molar refractivity (Wildman–Crippen MR) is 54.6 cm³/mol. The molecule has 1 aromatic carbocycles. The standard InChI is InChI=1S/C12H13NO/c1-9-6-12(14-13-9)7-10-4-2-3-5-11(10)8-12/h2-6,13H,7-8H2,1H3. The fraction of sp³-hybridized carbons (Fsp3) is 0.333. The van der Waals surface area contributed by atoms with E-state index in [1.54, 1.807) is 0 Å². The highest BCUT2D eigenvalue weighted by Crippen LogP contribution is 2.36. The van der Waals surface area contributed by atoms with Crippen molar-refractivity contribution in [3.8, 4) is 0 Å². The fourth-order valence-electron chi connectivity index (χ4n) is 2.42. The first-order valence-corrected chi connectivity index (χ1v) is 4.98. The van der Waals surface area contributed by atoms with Crippen LogP contribution in [0.5, 0.6) is 0 Å². The van der Waals surface area contributed by atoms with E-state index in [1.165, 1.54) is 11.1 Å². The van der Waals surface area contributed by atoms with Gasteiger partial charge in [0, 0.05) is 18.5 Å². The van der Waals surface area contributed by atoms with Crippen LogP contribution in [0, 0.1) is 0 Å². The third-order valence-electron chi connectivity index (χ3n) is 2.99. The highest BCUT2D eigenvalue weighted by Gasteiger charge is 2.39. The molecule has 0 atom stereocenters. The third kappa shape index (κ3) is 1.07. The van der Waals surface area contributed by atoms with Gasteiger partial charge in [0.1, 0.15) is 5.60 Å². The normalized spacial score (nSPS) is 21.9. The summed E-state index contributed by atoms with van der Waals surface area (Å²) in [5.41, 5.74) is 6.80. The molecule has 0 fully saturated rings. The van der Waals surface area contributed by atoms with Gasteiger partial charge >= 0.3 is 0 Å². The van der Waals surface area contributed by atoms with E-state index >= 15 is 0 Å². The molecule has 0 bridgehead atoms. The summed E-state index contributed by atoms with van der Waals surface area (Å²) in [6.07, 6.45) is 4.19. The second-order valence-corrected chi connectivity index (χ2v) is 4.22. The number of hydroxylamine groups is 1. The van der Waals surface area contributed by atoms with Crippen LogP contribution in [0.15, 0.2) is 36.0 Å². The van der Waals surface area contributed by atoms with Crippen molar-refractivity contribution < 1.29 is 4.84 Å². The highest BCUT2D eigenvalue weighted by molar-refractivity contribution is 5.39. The minimum absolute atomic E-state index is 0.103. The Morgan fingerprint density at radius 1 is 1.21 bits per heavy atom. The summed E-state index contributed by atoms with van der Waals surface area (Å²) in [5, 5.41) is 0. The molecule has 1 aliphatic carbocycles. The van der Waals surface area contributed by atoms with Crippen molar-refractivity contribution in [1.29, 1.82) is 0 Å². The van der Waals surface area contributed by atoms with Crippen LogP contribution >= 0.6 is 0 Å². The summed E-state index contributed by atoms with van der Waals surface area (Å²) in [6, 6.07) is 8.57. The first kappa shape index (κ1) is 8.06. The van der Waals surface area contributed by atoms with E-state index < -0.39 is 0 Å². The van der Waals surface area contributed by atoms with Crippen LogP contribution in [-0.4, -0.2) is 5.60 Å². The van der Waals surface area contributed by atoms with Crippen LogP contribution in [0.25, 0.3) is 0 Å². The lowest BCUT2D eigenvalue weighted by atomic mass is 10.0. The third-order valence-corrected chi connectivity index (χ3v) is 2.99. The summed E-state index contributed by atoms with van der Waals surface area (Å²) >= 11 is 0. The molecule has 1 aliphatic heterocycles. The monoisotopic (exact) mass is 187 g/mol. The van der Waals surface area contributed by atoms with Gasteiger partial charge in [0.25, 0.3) is 0 Å². The van der Waals surface area contributed by atoms with Gasteiger partial charge in [-0.2, -0.15) is 0 Å². The molecule has 2 aliphatic rings. The molecular weight excluding hydrogens is 174 g/mol. The Morgan fingerprint density at radius 3 is 2.36 bits per heavy atom. The smallest absolute Gasteiger partial charge is 0.124 e. The van der Waals surface area contributed by atoms with Gasteiger partial charge in [-0.3, -0.25) is 10.3 Å². The topological polar surface area (TPSA) is 21.3 Å². The number of rotatable bonds is 0. The Hall–Kier alpha value is -1.28. The van der Waals surface area contributed by atoms with E-state index in [2.05, 4.69) is 35.8 Å². The van der Waals surface area contributed by atoms with E-state index in [4.69, 9.17) is 4.84 Å². The number of fused-ring (bicyclic) bond motifs is 1. The number of hydrogen-bond donors (Lipinski definition) is 1. The molecule has 0 saturated heterocycles. The van der Waals surface area contributed by atoms with Gasteiger partial charge in [-0.05, 0) is 24.1 Å². The molecule has 3 rings (SSSR count). The molecule has 2 nitrogen and oxygen atoms in total. The zero-order valence-corrected chi connectivity index (χ0v) is 8.21. The lowest BCUT2D eigenvalue weighted by Gasteiger charge is -2.18. The van der Waals surface area contributed by atoms with Gasteiger partial charge in [0.05, 0.1) is 0 Å². The molecule has 0 amide bonds. The largest absolute Gasteiger partial charge is 0.271 e. The minimum atomic E-state index is -0.103. The maximum atomic E-state index is 5.65. The van der Waals surface area contributed by atoms with Gasteiger partial charge in [0.2, 0.25) is 0 Å². The molecule has 0 aromatic heterocycles. The predicted octanol–water partition coefficient (Wildman–Crippen LogP) is 1.96. The number of benzene rings is 1. The first-order valence-electron chi connectivity index (χ1n) is 4.98. The fourth-order valence-corrected chi connectivity index (χ4v) is 2.42. The van der Waals surface area contributed by atoms with E-state index in [1.807, 2.05) is 6.92 Å². The zero-order valence-electron chi connectivity index (χ0n) is 8.21. The molecule has 72 valence electrons. The Balaban J connectivity index is 1.99. The summed E-state index contributed by atoms with van der Waals surface area (Å²) < 4.78 is 0. The minimum Gasteiger partial charge on any atom is -0.271 e. The molecule has 0 radical (unpaired) electrons. The first-order chi connectivity index (χ1) is 6.77. The molecule has 14 heavy (non-hydrogen) atoms. The van der Waals surface area contributed by atoms with Crippen molar-refractivity contribution in [2.24, 2.45) is 0 Å².